The first-order valence-electron chi connectivity index (χ1n) is 5.24. The Balaban J connectivity index is 2.06. The predicted molar refractivity (Wildman–Crippen MR) is 51.9 cm³/mol. The van der Waals surface area contributed by atoms with Crippen LogP contribution in [0.5, 0.6) is 0 Å². The van der Waals surface area contributed by atoms with Gasteiger partial charge in [-0.2, -0.15) is 0 Å². The van der Waals surface area contributed by atoms with Crippen LogP contribution in [0.2, 0.25) is 0 Å². The number of fused-ring (bicyclic) bond motifs is 4. The number of aliphatic hydroxyl groups is 1. The van der Waals surface area contributed by atoms with E-state index in [1.165, 1.54) is 0 Å². The normalized spacial score (nSPS) is 44.4. The molecule has 3 N–H and O–H groups in total. The van der Waals surface area contributed by atoms with Crippen molar-refractivity contribution in [3.8, 4) is 0 Å². The highest BCUT2D eigenvalue weighted by Gasteiger charge is 2.61. The Labute approximate surface area is 92.9 Å². The second-order valence-electron chi connectivity index (χ2n) is 4.80. The number of aliphatic hydroxyl groups excluding tert-OH is 1. The van der Waals surface area contributed by atoms with E-state index in [0.717, 1.165) is 0 Å². The van der Waals surface area contributed by atoms with Crippen molar-refractivity contribution in [1.29, 1.82) is 0 Å². The standard InChI is InChI=1S/C10H15NO5/c1-9(2)14-6-5(11)8-13-4-10(3-12,16-8)7(6)15-9/h7-8,12H,3-4,11H2,1-2H3/t7-,8+,10+/m1/s1. The smallest absolute Gasteiger partial charge is 0.205 e. The van der Waals surface area contributed by atoms with Crippen molar-refractivity contribution in [2.75, 3.05) is 13.2 Å². The molecule has 16 heavy (non-hydrogen) atoms. The maximum absolute atomic E-state index is 9.47. The molecule has 2 bridgehead atoms. The quantitative estimate of drug-likeness (QED) is 0.626. The van der Waals surface area contributed by atoms with Gasteiger partial charge in [0.1, 0.15) is 5.70 Å². The first-order valence-corrected chi connectivity index (χ1v) is 5.24. The lowest BCUT2D eigenvalue weighted by molar-refractivity contribution is -0.185. The minimum absolute atomic E-state index is 0.190. The molecular weight excluding hydrogens is 214 g/mol. The SMILES string of the molecule is CC1(C)OC2=C(N)[C@H]3OC[C@](CO)(O3)[C@@H]2O1. The van der Waals surface area contributed by atoms with Crippen LogP contribution < -0.4 is 5.73 Å². The molecule has 3 aliphatic heterocycles. The predicted octanol–water partition coefficient (Wildman–Crippen LogP) is -0.574. The first-order chi connectivity index (χ1) is 7.47. The number of ether oxygens (including phenoxy) is 4. The van der Waals surface area contributed by atoms with Gasteiger partial charge in [0.05, 0.1) is 13.2 Å². The van der Waals surface area contributed by atoms with E-state index in [2.05, 4.69) is 0 Å². The molecule has 0 aromatic carbocycles. The maximum atomic E-state index is 9.47. The lowest BCUT2D eigenvalue weighted by atomic mass is 9.95. The highest BCUT2D eigenvalue weighted by Crippen LogP contribution is 2.46. The molecule has 0 radical (unpaired) electrons. The van der Waals surface area contributed by atoms with Gasteiger partial charge in [-0.05, 0) is 0 Å². The van der Waals surface area contributed by atoms with Gasteiger partial charge < -0.3 is 29.8 Å². The lowest BCUT2D eigenvalue weighted by Gasteiger charge is -2.33. The summed E-state index contributed by atoms with van der Waals surface area (Å²) in [4.78, 5) is 0. The van der Waals surface area contributed by atoms with Crippen LogP contribution in [-0.4, -0.2) is 42.1 Å². The topological polar surface area (TPSA) is 83.2 Å². The van der Waals surface area contributed by atoms with Gasteiger partial charge in [-0.1, -0.05) is 0 Å². The molecule has 6 heteroatoms. The molecule has 90 valence electrons. The van der Waals surface area contributed by atoms with E-state index in [-0.39, 0.29) is 13.2 Å². The van der Waals surface area contributed by atoms with Gasteiger partial charge in [-0.25, -0.2) is 0 Å². The fourth-order valence-corrected chi connectivity index (χ4v) is 2.31. The van der Waals surface area contributed by atoms with E-state index in [1.807, 2.05) is 0 Å². The van der Waals surface area contributed by atoms with Crippen LogP contribution in [0.1, 0.15) is 13.8 Å². The van der Waals surface area contributed by atoms with E-state index in [9.17, 15) is 5.11 Å². The van der Waals surface area contributed by atoms with Gasteiger partial charge in [-0.3, -0.25) is 0 Å². The Hall–Kier alpha value is -0.820. The molecule has 3 heterocycles. The zero-order chi connectivity index (χ0) is 11.6. The van der Waals surface area contributed by atoms with E-state index in [1.54, 1.807) is 13.8 Å². The Morgan fingerprint density at radius 1 is 1.44 bits per heavy atom. The van der Waals surface area contributed by atoms with Crippen LogP contribution in [-0.2, 0) is 18.9 Å². The van der Waals surface area contributed by atoms with Crippen molar-refractivity contribution in [1.82, 2.24) is 0 Å². The molecule has 2 saturated heterocycles. The second-order valence-corrected chi connectivity index (χ2v) is 4.80. The van der Waals surface area contributed by atoms with Gasteiger partial charge in [0.2, 0.25) is 12.1 Å². The minimum atomic E-state index is -0.878. The van der Waals surface area contributed by atoms with Crippen LogP contribution in [0.4, 0.5) is 0 Å². The summed E-state index contributed by atoms with van der Waals surface area (Å²) in [5.74, 6) is -0.214. The highest BCUT2D eigenvalue weighted by atomic mass is 16.8. The fourth-order valence-electron chi connectivity index (χ4n) is 2.31. The third-order valence-corrected chi connectivity index (χ3v) is 3.10. The molecule has 0 saturated carbocycles. The van der Waals surface area contributed by atoms with Crippen molar-refractivity contribution in [3.05, 3.63) is 11.5 Å². The maximum Gasteiger partial charge on any atom is 0.205 e. The van der Waals surface area contributed by atoms with Crippen LogP contribution in [0.15, 0.2) is 11.5 Å². The molecular formula is C10H15NO5. The third kappa shape index (κ3) is 1.15. The summed E-state index contributed by atoms with van der Waals surface area (Å²) >= 11 is 0. The summed E-state index contributed by atoms with van der Waals surface area (Å²) in [6.07, 6.45) is -1.12. The Kier molecular flexibility index (Phi) is 1.87. The van der Waals surface area contributed by atoms with Crippen LogP contribution >= 0.6 is 0 Å². The number of rotatable bonds is 1. The molecule has 3 atom stereocenters. The molecule has 0 unspecified atom stereocenters. The largest absolute Gasteiger partial charge is 0.462 e. The second kappa shape index (κ2) is 2.89. The monoisotopic (exact) mass is 229 g/mol. The zero-order valence-electron chi connectivity index (χ0n) is 9.23. The van der Waals surface area contributed by atoms with E-state index in [4.69, 9.17) is 24.7 Å². The Bertz CT molecular complexity index is 366. The van der Waals surface area contributed by atoms with E-state index < -0.39 is 23.8 Å². The molecule has 2 fully saturated rings. The molecule has 0 aliphatic carbocycles. The molecule has 6 nitrogen and oxygen atoms in total. The average molecular weight is 229 g/mol. The molecule has 3 rings (SSSR count). The van der Waals surface area contributed by atoms with E-state index in [0.29, 0.717) is 11.5 Å². The number of nitrogens with two attached hydrogens (primary N) is 1. The van der Waals surface area contributed by atoms with Gasteiger partial charge >= 0.3 is 0 Å². The molecule has 0 amide bonds. The number of hydrogen-bond donors (Lipinski definition) is 2. The van der Waals surface area contributed by atoms with Crippen molar-refractivity contribution in [3.63, 3.8) is 0 Å². The van der Waals surface area contributed by atoms with E-state index >= 15 is 0 Å². The summed E-state index contributed by atoms with van der Waals surface area (Å²) in [5.41, 5.74) is 5.40. The molecule has 0 aromatic rings. The minimum Gasteiger partial charge on any atom is -0.462 e. The summed E-state index contributed by atoms with van der Waals surface area (Å²) in [7, 11) is 0. The summed E-state index contributed by atoms with van der Waals surface area (Å²) in [5, 5.41) is 9.47. The molecule has 0 aromatic heterocycles. The van der Waals surface area contributed by atoms with Crippen molar-refractivity contribution >= 4 is 0 Å². The van der Waals surface area contributed by atoms with Crippen molar-refractivity contribution in [2.24, 2.45) is 5.73 Å². The van der Waals surface area contributed by atoms with Gasteiger partial charge in [-0.15, -0.1) is 0 Å². The van der Waals surface area contributed by atoms with Gasteiger partial charge in [0, 0.05) is 13.8 Å². The molecule has 0 spiro atoms. The zero-order valence-corrected chi connectivity index (χ0v) is 9.23. The highest BCUT2D eigenvalue weighted by molar-refractivity contribution is 5.26. The van der Waals surface area contributed by atoms with Crippen LogP contribution in [0.25, 0.3) is 0 Å². The fraction of sp³-hybridized carbons (Fsp3) is 0.800. The van der Waals surface area contributed by atoms with Crippen molar-refractivity contribution < 1.29 is 24.1 Å². The third-order valence-electron chi connectivity index (χ3n) is 3.10. The first kappa shape index (κ1) is 10.3. The Morgan fingerprint density at radius 3 is 2.88 bits per heavy atom. The summed E-state index contributed by atoms with van der Waals surface area (Å²) < 4.78 is 22.3. The Morgan fingerprint density at radius 2 is 2.19 bits per heavy atom. The van der Waals surface area contributed by atoms with Crippen molar-refractivity contribution in [2.45, 2.75) is 37.6 Å². The van der Waals surface area contributed by atoms with Crippen LogP contribution in [0, 0.1) is 0 Å². The van der Waals surface area contributed by atoms with Gasteiger partial charge in [0.15, 0.2) is 17.5 Å². The summed E-state index contributed by atoms with van der Waals surface area (Å²) in [6, 6.07) is 0. The van der Waals surface area contributed by atoms with Crippen LogP contribution in [0.3, 0.4) is 0 Å². The summed E-state index contributed by atoms with van der Waals surface area (Å²) in [6.45, 7) is 3.66. The lowest BCUT2D eigenvalue weighted by Crippen LogP contribution is -2.52. The average Bonchev–Trinajstić information content (AvgIpc) is 2.76. The van der Waals surface area contributed by atoms with Gasteiger partial charge in [0.25, 0.3) is 0 Å². The molecule has 3 aliphatic rings. The number of hydrogen-bond acceptors (Lipinski definition) is 6.